The molecule has 0 saturated carbocycles. The number of nitrogen functional groups attached to an aromatic ring is 1. The minimum absolute atomic E-state index is 0.436. The summed E-state index contributed by atoms with van der Waals surface area (Å²) in [5, 5.41) is 4.50. The maximum Gasteiger partial charge on any atom is 0.258 e. The third kappa shape index (κ3) is 3.25. The van der Waals surface area contributed by atoms with E-state index in [-0.39, 0.29) is 0 Å². The van der Waals surface area contributed by atoms with E-state index in [0.29, 0.717) is 28.8 Å². The highest BCUT2D eigenvalue weighted by molar-refractivity contribution is 9.10. The molecule has 0 spiro atoms. The van der Waals surface area contributed by atoms with Gasteiger partial charge in [-0.05, 0) is 35.9 Å². The van der Waals surface area contributed by atoms with Gasteiger partial charge in [0.1, 0.15) is 0 Å². The van der Waals surface area contributed by atoms with Crippen LogP contribution in [-0.4, -0.2) is 10.1 Å². The number of rotatable bonds is 3. The molecule has 1 heterocycles. The normalized spacial score (nSPS) is 10.8. The molecule has 0 bridgehead atoms. The van der Waals surface area contributed by atoms with Crippen molar-refractivity contribution in [3.05, 3.63) is 63.3 Å². The molecule has 0 aliphatic rings. The summed E-state index contributed by atoms with van der Waals surface area (Å²) in [6.45, 7) is 0. The maximum absolute atomic E-state index is 5.90. The Bertz CT molecular complexity index is 771. The van der Waals surface area contributed by atoms with Crippen molar-refractivity contribution in [1.29, 1.82) is 0 Å². The zero-order valence-corrected chi connectivity index (χ0v) is 13.2. The number of nitrogens with two attached hydrogens (primary N) is 1. The molecule has 106 valence electrons. The van der Waals surface area contributed by atoms with Crippen molar-refractivity contribution in [3.8, 4) is 11.5 Å². The van der Waals surface area contributed by atoms with E-state index in [0.717, 1.165) is 15.6 Å². The number of anilines is 1. The topological polar surface area (TPSA) is 64.9 Å². The van der Waals surface area contributed by atoms with E-state index in [2.05, 4.69) is 26.1 Å². The van der Waals surface area contributed by atoms with Crippen molar-refractivity contribution in [2.45, 2.75) is 6.42 Å². The molecule has 0 aliphatic carbocycles. The lowest BCUT2D eigenvalue weighted by molar-refractivity contribution is 0.424. The van der Waals surface area contributed by atoms with E-state index in [1.54, 1.807) is 18.2 Å². The van der Waals surface area contributed by atoms with Gasteiger partial charge in [0.2, 0.25) is 0 Å². The van der Waals surface area contributed by atoms with Crippen LogP contribution in [0.1, 0.15) is 11.4 Å². The van der Waals surface area contributed by atoms with E-state index >= 15 is 0 Å². The molecule has 0 amide bonds. The third-order valence-corrected chi connectivity index (χ3v) is 3.86. The van der Waals surface area contributed by atoms with Crippen molar-refractivity contribution >= 4 is 33.2 Å². The molecule has 0 fully saturated rings. The lowest BCUT2D eigenvalue weighted by Crippen LogP contribution is -1.91. The fourth-order valence-electron chi connectivity index (χ4n) is 1.90. The molecule has 2 N–H and O–H groups in total. The molecular weight excluding hydrogens is 354 g/mol. The average Bonchev–Trinajstić information content (AvgIpc) is 2.93. The Morgan fingerprint density at radius 2 is 1.90 bits per heavy atom. The fraction of sp³-hybridized carbons (Fsp3) is 0.0667. The lowest BCUT2D eigenvalue weighted by Gasteiger charge is -1.99. The average molecular weight is 365 g/mol. The van der Waals surface area contributed by atoms with Gasteiger partial charge in [-0.3, -0.25) is 0 Å². The van der Waals surface area contributed by atoms with Gasteiger partial charge in [0.15, 0.2) is 5.82 Å². The van der Waals surface area contributed by atoms with Crippen molar-refractivity contribution < 1.29 is 4.52 Å². The zero-order valence-electron chi connectivity index (χ0n) is 10.9. The summed E-state index contributed by atoms with van der Waals surface area (Å²) in [6.07, 6.45) is 0.611. The minimum atomic E-state index is 0.436. The van der Waals surface area contributed by atoms with Gasteiger partial charge in [0.25, 0.3) is 5.89 Å². The van der Waals surface area contributed by atoms with Crippen molar-refractivity contribution in [1.82, 2.24) is 10.1 Å². The first-order chi connectivity index (χ1) is 10.1. The Hall–Kier alpha value is -1.85. The second kappa shape index (κ2) is 5.87. The Balaban J connectivity index is 1.82. The highest BCUT2D eigenvalue weighted by Gasteiger charge is 2.10. The van der Waals surface area contributed by atoms with Gasteiger partial charge < -0.3 is 10.3 Å². The van der Waals surface area contributed by atoms with Gasteiger partial charge in [0.05, 0.1) is 10.7 Å². The van der Waals surface area contributed by atoms with Crippen LogP contribution in [0, 0.1) is 0 Å². The molecule has 0 atom stereocenters. The van der Waals surface area contributed by atoms with Gasteiger partial charge in [-0.25, -0.2) is 0 Å². The number of hydrogen-bond acceptors (Lipinski definition) is 4. The van der Waals surface area contributed by atoms with Crippen LogP contribution in [-0.2, 0) is 6.42 Å². The molecule has 3 aromatic rings. The quantitative estimate of drug-likeness (QED) is 0.703. The molecule has 21 heavy (non-hydrogen) atoms. The van der Waals surface area contributed by atoms with Crippen LogP contribution in [0.3, 0.4) is 0 Å². The maximum atomic E-state index is 5.90. The highest BCUT2D eigenvalue weighted by atomic mass is 79.9. The van der Waals surface area contributed by atoms with Crippen molar-refractivity contribution in [2.24, 2.45) is 0 Å². The van der Waals surface area contributed by atoms with Crippen LogP contribution < -0.4 is 5.73 Å². The summed E-state index contributed by atoms with van der Waals surface area (Å²) < 4.78 is 6.31. The highest BCUT2D eigenvalue weighted by Crippen LogP contribution is 2.26. The zero-order chi connectivity index (χ0) is 14.8. The molecule has 3 rings (SSSR count). The third-order valence-electron chi connectivity index (χ3n) is 2.99. The first kappa shape index (κ1) is 14.1. The number of benzene rings is 2. The molecule has 0 saturated heterocycles. The first-order valence-corrected chi connectivity index (χ1v) is 7.41. The minimum Gasteiger partial charge on any atom is -0.398 e. The summed E-state index contributed by atoms with van der Waals surface area (Å²) >= 11 is 9.30. The van der Waals surface area contributed by atoms with E-state index in [4.69, 9.17) is 21.9 Å². The predicted octanol–water partition coefficient (Wildman–Crippen LogP) is 4.33. The number of hydrogen-bond donors (Lipinski definition) is 1. The summed E-state index contributed by atoms with van der Waals surface area (Å²) in [6, 6.07) is 13.2. The summed E-state index contributed by atoms with van der Waals surface area (Å²) in [5.41, 5.74) is 8.13. The SMILES string of the molecule is Nc1cc(-c2nc(Cc3ccc(Br)cc3)no2)ccc1Cl. The molecule has 6 heteroatoms. The molecule has 2 aromatic carbocycles. The van der Waals surface area contributed by atoms with E-state index in [9.17, 15) is 0 Å². The first-order valence-electron chi connectivity index (χ1n) is 6.24. The van der Waals surface area contributed by atoms with Gasteiger partial charge in [-0.2, -0.15) is 4.98 Å². The Morgan fingerprint density at radius 1 is 1.14 bits per heavy atom. The van der Waals surface area contributed by atoms with Gasteiger partial charge in [0, 0.05) is 16.5 Å². The van der Waals surface area contributed by atoms with Crippen LogP contribution in [0.15, 0.2) is 51.5 Å². The molecular formula is C15H11BrClN3O. The van der Waals surface area contributed by atoms with Crippen LogP contribution in [0.5, 0.6) is 0 Å². The fourth-order valence-corrected chi connectivity index (χ4v) is 2.29. The molecule has 4 nitrogen and oxygen atoms in total. The van der Waals surface area contributed by atoms with Crippen LogP contribution in [0.2, 0.25) is 5.02 Å². The molecule has 0 radical (unpaired) electrons. The van der Waals surface area contributed by atoms with Gasteiger partial charge >= 0.3 is 0 Å². The van der Waals surface area contributed by atoms with Gasteiger partial charge in [-0.15, -0.1) is 0 Å². The second-order valence-corrected chi connectivity index (χ2v) is 5.88. The molecule has 0 unspecified atom stereocenters. The largest absolute Gasteiger partial charge is 0.398 e. The van der Waals surface area contributed by atoms with Crippen LogP contribution in [0.4, 0.5) is 5.69 Å². The molecule has 0 aliphatic heterocycles. The summed E-state index contributed by atoms with van der Waals surface area (Å²) in [5.74, 6) is 1.06. The Kier molecular flexibility index (Phi) is 3.94. The van der Waals surface area contributed by atoms with Crippen LogP contribution >= 0.6 is 27.5 Å². The summed E-state index contributed by atoms with van der Waals surface area (Å²) in [4.78, 5) is 4.38. The van der Waals surface area contributed by atoms with Crippen LogP contribution in [0.25, 0.3) is 11.5 Å². The predicted molar refractivity (Wildman–Crippen MR) is 86.1 cm³/mol. The number of nitrogens with zero attached hydrogens (tertiary/aromatic N) is 2. The molecule has 1 aromatic heterocycles. The van der Waals surface area contributed by atoms with E-state index in [1.807, 2.05) is 24.3 Å². The standard InChI is InChI=1S/C15H11BrClN3O/c16-11-4-1-9(2-5-11)7-14-19-15(21-20-14)10-3-6-12(17)13(18)8-10/h1-6,8H,7,18H2. The second-order valence-electron chi connectivity index (χ2n) is 4.56. The Labute approximate surface area is 135 Å². The van der Waals surface area contributed by atoms with Crippen molar-refractivity contribution in [2.75, 3.05) is 5.73 Å². The lowest BCUT2D eigenvalue weighted by atomic mass is 10.1. The summed E-state index contributed by atoms with van der Waals surface area (Å²) in [7, 11) is 0. The van der Waals surface area contributed by atoms with E-state index in [1.165, 1.54) is 0 Å². The van der Waals surface area contributed by atoms with Crippen molar-refractivity contribution in [3.63, 3.8) is 0 Å². The number of aromatic nitrogens is 2. The van der Waals surface area contributed by atoms with Gasteiger partial charge in [-0.1, -0.05) is 44.8 Å². The smallest absolute Gasteiger partial charge is 0.258 e. The van der Waals surface area contributed by atoms with E-state index < -0.39 is 0 Å². The monoisotopic (exact) mass is 363 g/mol. The Morgan fingerprint density at radius 3 is 2.62 bits per heavy atom. The number of halogens is 2.